The Balaban J connectivity index is 3.23. The summed E-state index contributed by atoms with van der Waals surface area (Å²) < 4.78 is 13.7. The molecule has 0 saturated carbocycles. The molecule has 0 aliphatic heterocycles. The van der Waals surface area contributed by atoms with Crippen LogP contribution >= 0.6 is 0 Å². The summed E-state index contributed by atoms with van der Waals surface area (Å²) in [6.45, 7) is 11.6. The fourth-order valence-corrected chi connectivity index (χ4v) is 1.87. The zero-order valence-electron chi connectivity index (χ0n) is 14.0. The van der Waals surface area contributed by atoms with Crippen LogP contribution in [0.2, 0.25) is 0 Å². The molecule has 4 heteroatoms. The van der Waals surface area contributed by atoms with Crippen LogP contribution in [0, 0.1) is 12.7 Å². The van der Waals surface area contributed by atoms with Crippen molar-refractivity contribution in [3.63, 3.8) is 0 Å². The highest BCUT2D eigenvalue weighted by molar-refractivity contribution is 5.72. The Kier molecular flexibility index (Phi) is 6.83. The molecule has 0 aromatic carbocycles. The molecule has 0 saturated heterocycles. The SMILES string of the molecule is C=C(N)c1cc(F)c(C)nc1NC(/C=C(\C)CC)=C/CCC. The summed E-state index contributed by atoms with van der Waals surface area (Å²) in [5.74, 6) is 0.153. The first-order valence-electron chi connectivity index (χ1n) is 7.65. The average molecular weight is 303 g/mol. The molecule has 0 aliphatic rings. The summed E-state index contributed by atoms with van der Waals surface area (Å²) in [5.41, 5.74) is 9.08. The molecule has 0 fully saturated rings. The van der Waals surface area contributed by atoms with Crippen LogP contribution in [-0.4, -0.2) is 4.98 Å². The maximum absolute atomic E-state index is 13.7. The van der Waals surface area contributed by atoms with E-state index in [4.69, 9.17) is 5.73 Å². The first kappa shape index (κ1) is 18.0. The zero-order chi connectivity index (χ0) is 16.7. The number of unbranched alkanes of at least 4 members (excludes halogenated alkanes) is 1. The number of hydrogen-bond acceptors (Lipinski definition) is 3. The molecule has 1 heterocycles. The average Bonchev–Trinajstić information content (AvgIpc) is 2.47. The van der Waals surface area contributed by atoms with E-state index in [0.717, 1.165) is 25.0 Å². The quantitative estimate of drug-likeness (QED) is 0.704. The van der Waals surface area contributed by atoms with Crippen molar-refractivity contribution < 1.29 is 4.39 Å². The lowest BCUT2D eigenvalue weighted by molar-refractivity contribution is 0.609. The van der Waals surface area contributed by atoms with Gasteiger partial charge in [-0.2, -0.15) is 0 Å². The summed E-state index contributed by atoms with van der Waals surface area (Å²) in [6.07, 6.45) is 7.17. The Morgan fingerprint density at radius 1 is 1.45 bits per heavy atom. The molecule has 0 amide bonds. The number of anilines is 1. The van der Waals surface area contributed by atoms with E-state index in [9.17, 15) is 4.39 Å². The predicted octanol–water partition coefficient (Wildman–Crippen LogP) is 4.91. The van der Waals surface area contributed by atoms with E-state index in [1.807, 2.05) is 0 Å². The third kappa shape index (κ3) is 5.02. The summed E-state index contributed by atoms with van der Waals surface area (Å²) in [4.78, 5) is 4.28. The number of hydrogen-bond donors (Lipinski definition) is 2. The minimum atomic E-state index is -0.383. The van der Waals surface area contributed by atoms with Gasteiger partial charge in [0, 0.05) is 17.0 Å². The molecular weight excluding hydrogens is 277 g/mol. The van der Waals surface area contributed by atoms with Gasteiger partial charge >= 0.3 is 0 Å². The second-order valence-corrected chi connectivity index (χ2v) is 5.39. The third-order valence-corrected chi connectivity index (χ3v) is 3.37. The van der Waals surface area contributed by atoms with Gasteiger partial charge in [-0.15, -0.1) is 0 Å². The van der Waals surface area contributed by atoms with E-state index in [1.165, 1.54) is 11.6 Å². The summed E-state index contributed by atoms with van der Waals surface area (Å²) in [5, 5.41) is 3.26. The second kappa shape index (κ2) is 8.37. The van der Waals surface area contributed by atoms with Crippen LogP contribution in [0.3, 0.4) is 0 Å². The summed E-state index contributed by atoms with van der Waals surface area (Å²) in [7, 11) is 0. The lowest BCUT2D eigenvalue weighted by atomic mass is 10.1. The van der Waals surface area contributed by atoms with Gasteiger partial charge in [0.2, 0.25) is 0 Å². The number of nitrogens with two attached hydrogens (primary N) is 1. The van der Waals surface area contributed by atoms with Crippen molar-refractivity contribution >= 4 is 11.5 Å². The number of pyridine rings is 1. The molecule has 0 spiro atoms. The zero-order valence-corrected chi connectivity index (χ0v) is 14.0. The van der Waals surface area contributed by atoms with Gasteiger partial charge in [0.25, 0.3) is 0 Å². The van der Waals surface area contributed by atoms with Gasteiger partial charge in [0.1, 0.15) is 11.6 Å². The van der Waals surface area contributed by atoms with Crippen LogP contribution in [0.25, 0.3) is 5.70 Å². The van der Waals surface area contributed by atoms with Crippen LogP contribution in [0.4, 0.5) is 10.2 Å². The smallest absolute Gasteiger partial charge is 0.145 e. The van der Waals surface area contributed by atoms with E-state index >= 15 is 0 Å². The van der Waals surface area contributed by atoms with Crippen molar-refractivity contribution in [2.45, 2.75) is 47.0 Å². The monoisotopic (exact) mass is 303 g/mol. The van der Waals surface area contributed by atoms with Crippen LogP contribution in [-0.2, 0) is 0 Å². The molecule has 0 radical (unpaired) electrons. The summed E-state index contributed by atoms with van der Waals surface area (Å²) in [6, 6.07) is 1.38. The second-order valence-electron chi connectivity index (χ2n) is 5.39. The van der Waals surface area contributed by atoms with Crippen LogP contribution in [0.5, 0.6) is 0 Å². The standard InChI is InChI=1S/C18H26FN3/c1-6-8-9-15(10-12(3)7-2)22-18-16(13(4)20)11-17(19)14(5)21-18/h9-11H,4,6-8,20H2,1-3,5H3,(H,21,22)/b12-10+,15-9+. The molecule has 1 aromatic heterocycles. The van der Waals surface area contributed by atoms with Crippen LogP contribution in [0.15, 0.2) is 36.1 Å². The van der Waals surface area contributed by atoms with Crippen molar-refractivity contribution in [3.8, 4) is 0 Å². The van der Waals surface area contributed by atoms with Gasteiger partial charge in [0.05, 0.1) is 5.69 Å². The van der Waals surface area contributed by atoms with E-state index in [1.54, 1.807) is 6.92 Å². The lowest BCUT2D eigenvalue weighted by Crippen LogP contribution is -2.08. The van der Waals surface area contributed by atoms with Crippen molar-refractivity contribution in [2.24, 2.45) is 5.73 Å². The van der Waals surface area contributed by atoms with Gasteiger partial charge in [0.15, 0.2) is 0 Å². The molecule has 0 aliphatic carbocycles. The highest BCUT2D eigenvalue weighted by Gasteiger charge is 2.11. The number of halogens is 1. The largest absolute Gasteiger partial charge is 0.399 e. The molecule has 3 nitrogen and oxygen atoms in total. The van der Waals surface area contributed by atoms with Gasteiger partial charge in [-0.25, -0.2) is 9.37 Å². The van der Waals surface area contributed by atoms with Crippen molar-refractivity contribution in [3.05, 3.63) is 53.1 Å². The molecule has 120 valence electrons. The molecule has 3 N–H and O–H groups in total. The first-order chi connectivity index (χ1) is 10.4. The minimum Gasteiger partial charge on any atom is -0.399 e. The number of allylic oxidation sites excluding steroid dienone is 3. The topological polar surface area (TPSA) is 50.9 Å². The minimum absolute atomic E-state index is 0.292. The lowest BCUT2D eigenvalue weighted by Gasteiger charge is -2.14. The highest BCUT2D eigenvalue weighted by atomic mass is 19.1. The molecule has 0 unspecified atom stereocenters. The van der Waals surface area contributed by atoms with Crippen LogP contribution in [0.1, 0.15) is 51.3 Å². The van der Waals surface area contributed by atoms with Gasteiger partial charge < -0.3 is 11.1 Å². The van der Waals surface area contributed by atoms with E-state index in [0.29, 0.717) is 22.8 Å². The fourth-order valence-electron chi connectivity index (χ4n) is 1.87. The molecule has 0 bridgehead atoms. The Labute approximate surface area is 132 Å². The number of aryl methyl sites for hydroxylation is 1. The third-order valence-electron chi connectivity index (χ3n) is 3.37. The van der Waals surface area contributed by atoms with Gasteiger partial charge in [-0.3, -0.25) is 0 Å². The van der Waals surface area contributed by atoms with Crippen molar-refractivity contribution in [2.75, 3.05) is 5.32 Å². The Bertz CT molecular complexity index is 601. The number of aromatic nitrogens is 1. The van der Waals surface area contributed by atoms with Crippen molar-refractivity contribution in [1.82, 2.24) is 4.98 Å². The Morgan fingerprint density at radius 2 is 2.14 bits per heavy atom. The maximum atomic E-state index is 13.7. The summed E-state index contributed by atoms with van der Waals surface area (Å²) >= 11 is 0. The molecule has 1 aromatic rings. The molecular formula is C18H26FN3. The van der Waals surface area contributed by atoms with E-state index in [2.05, 4.69) is 49.8 Å². The number of nitrogens with zero attached hydrogens (tertiary/aromatic N) is 1. The fraction of sp³-hybridized carbons (Fsp3) is 0.389. The molecule has 0 atom stereocenters. The van der Waals surface area contributed by atoms with E-state index < -0.39 is 0 Å². The Hall–Kier alpha value is -2.10. The predicted molar refractivity (Wildman–Crippen MR) is 92.8 cm³/mol. The van der Waals surface area contributed by atoms with Gasteiger partial charge in [-0.05, 0) is 38.8 Å². The number of nitrogens with one attached hydrogen (secondary N) is 1. The van der Waals surface area contributed by atoms with E-state index in [-0.39, 0.29) is 5.82 Å². The molecule has 22 heavy (non-hydrogen) atoms. The highest BCUT2D eigenvalue weighted by Crippen LogP contribution is 2.23. The normalized spacial score (nSPS) is 12.4. The van der Waals surface area contributed by atoms with Gasteiger partial charge in [-0.1, -0.05) is 38.5 Å². The first-order valence-corrected chi connectivity index (χ1v) is 7.65. The maximum Gasteiger partial charge on any atom is 0.145 e. The number of rotatable bonds is 7. The Morgan fingerprint density at radius 3 is 2.68 bits per heavy atom. The molecule has 1 rings (SSSR count). The van der Waals surface area contributed by atoms with Crippen LogP contribution < -0.4 is 11.1 Å². The van der Waals surface area contributed by atoms with Crippen molar-refractivity contribution in [1.29, 1.82) is 0 Å².